The van der Waals surface area contributed by atoms with Gasteiger partial charge in [-0.15, -0.1) is 0 Å². The van der Waals surface area contributed by atoms with E-state index < -0.39 is 0 Å². The molecule has 0 bridgehead atoms. The van der Waals surface area contributed by atoms with Crippen molar-refractivity contribution >= 4 is 16.8 Å². The Labute approximate surface area is 172 Å². The SMILES string of the molecule is CCc1cccc2c([C@H](CC(=O)NCCCOC)c3cccc(OC)c3)c[nH]c12. The maximum atomic E-state index is 12.7. The van der Waals surface area contributed by atoms with Gasteiger partial charge >= 0.3 is 0 Å². The molecule has 3 rings (SSSR count). The summed E-state index contributed by atoms with van der Waals surface area (Å²) in [7, 11) is 3.33. The summed E-state index contributed by atoms with van der Waals surface area (Å²) in [5.41, 5.74) is 4.63. The number of aromatic nitrogens is 1. The Morgan fingerprint density at radius 2 is 2.00 bits per heavy atom. The number of rotatable bonds is 10. The molecule has 29 heavy (non-hydrogen) atoms. The van der Waals surface area contributed by atoms with Crippen LogP contribution in [0.5, 0.6) is 5.75 Å². The van der Waals surface area contributed by atoms with E-state index in [0.29, 0.717) is 19.6 Å². The molecule has 0 radical (unpaired) electrons. The Bertz CT molecular complexity index is 948. The number of ether oxygens (including phenoxy) is 2. The molecule has 2 aromatic carbocycles. The number of carbonyl (C=O) groups is 1. The number of aromatic amines is 1. The fourth-order valence-corrected chi connectivity index (χ4v) is 3.79. The van der Waals surface area contributed by atoms with Crippen molar-refractivity contribution in [2.45, 2.75) is 32.1 Å². The zero-order chi connectivity index (χ0) is 20.6. The van der Waals surface area contributed by atoms with Crippen LogP contribution in [0.2, 0.25) is 0 Å². The van der Waals surface area contributed by atoms with Crippen molar-refractivity contribution in [3.63, 3.8) is 0 Å². The number of hydrogen-bond donors (Lipinski definition) is 2. The topological polar surface area (TPSA) is 63.4 Å². The molecule has 0 saturated heterocycles. The van der Waals surface area contributed by atoms with Crippen LogP contribution < -0.4 is 10.1 Å². The predicted molar refractivity (Wildman–Crippen MR) is 117 cm³/mol. The van der Waals surface area contributed by atoms with Crippen LogP contribution in [0.4, 0.5) is 0 Å². The van der Waals surface area contributed by atoms with Crippen molar-refractivity contribution in [3.8, 4) is 5.75 Å². The van der Waals surface area contributed by atoms with Crippen molar-refractivity contribution in [1.82, 2.24) is 10.3 Å². The van der Waals surface area contributed by atoms with E-state index in [9.17, 15) is 4.79 Å². The van der Waals surface area contributed by atoms with E-state index >= 15 is 0 Å². The molecule has 0 unspecified atom stereocenters. The van der Waals surface area contributed by atoms with Gasteiger partial charge in [0.25, 0.3) is 0 Å². The van der Waals surface area contributed by atoms with Gasteiger partial charge in [0.15, 0.2) is 0 Å². The summed E-state index contributed by atoms with van der Waals surface area (Å²) < 4.78 is 10.5. The van der Waals surface area contributed by atoms with Crippen molar-refractivity contribution in [3.05, 3.63) is 65.4 Å². The lowest BCUT2D eigenvalue weighted by Crippen LogP contribution is -2.27. The normalized spacial score (nSPS) is 12.1. The van der Waals surface area contributed by atoms with Crippen LogP contribution in [0.25, 0.3) is 10.9 Å². The molecule has 1 heterocycles. The average molecular weight is 395 g/mol. The van der Waals surface area contributed by atoms with Gasteiger partial charge in [0.05, 0.1) is 7.11 Å². The number of aryl methyl sites for hydroxylation is 1. The fraction of sp³-hybridized carbons (Fsp3) is 0.375. The van der Waals surface area contributed by atoms with Gasteiger partial charge in [-0.25, -0.2) is 0 Å². The highest BCUT2D eigenvalue weighted by Crippen LogP contribution is 2.35. The molecule has 1 aromatic heterocycles. The molecule has 154 valence electrons. The molecule has 2 N–H and O–H groups in total. The number of benzene rings is 2. The number of nitrogens with one attached hydrogen (secondary N) is 2. The molecule has 5 heteroatoms. The molecule has 5 nitrogen and oxygen atoms in total. The minimum absolute atomic E-state index is 0.0370. The second-order valence-electron chi connectivity index (χ2n) is 7.17. The minimum atomic E-state index is -0.0617. The number of H-pyrrole nitrogens is 1. The molecular weight excluding hydrogens is 364 g/mol. The largest absolute Gasteiger partial charge is 0.497 e. The third-order valence-electron chi connectivity index (χ3n) is 5.32. The summed E-state index contributed by atoms with van der Waals surface area (Å²) in [5.74, 6) is 0.769. The van der Waals surface area contributed by atoms with Crippen molar-refractivity contribution in [1.29, 1.82) is 0 Å². The lowest BCUT2D eigenvalue weighted by atomic mass is 9.87. The number of para-hydroxylation sites is 1. The van der Waals surface area contributed by atoms with Gasteiger partial charge in [-0.2, -0.15) is 0 Å². The Kier molecular flexibility index (Phi) is 7.30. The maximum absolute atomic E-state index is 12.7. The molecule has 1 amide bonds. The monoisotopic (exact) mass is 394 g/mol. The summed E-state index contributed by atoms with van der Waals surface area (Å²) in [6, 6.07) is 14.3. The van der Waals surface area contributed by atoms with Gasteiger partial charge in [0.2, 0.25) is 5.91 Å². The second kappa shape index (κ2) is 10.1. The van der Waals surface area contributed by atoms with Crippen molar-refractivity contribution in [2.24, 2.45) is 0 Å². The first kappa shape index (κ1) is 20.9. The Balaban J connectivity index is 1.94. The fourth-order valence-electron chi connectivity index (χ4n) is 3.79. The Morgan fingerprint density at radius 1 is 1.17 bits per heavy atom. The van der Waals surface area contributed by atoms with Crippen LogP contribution in [0.1, 0.15) is 42.4 Å². The molecule has 0 spiro atoms. The van der Waals surface area contributed by atoms with Gasteiger partial charge in [-0.05, 0) is 41.7 Å². The van der Waals surface area contributed by atoms with Gasteiger partial charge in [-0.3, -0.25) is 4.79 Å². The van der Waals surface area contributed by atoms with Crippen LogP contribution in [0.3, 0.4) is 0 Å². The van der Waals surface area contributed by atoms with Gasteiger partial charge in [0.1, 0.15) is 5.75 Å². The van der Waals surface area contributed by atoms with E-state index in [1.807, 2.05) is 24.4 Å². The second-order valence-corrected chi connectivity index (χ2v) is 7.17. The predicted octanol–water partition coefficient (Wildman–Crippen LogP) is 4.41. The summed E-state index contributed by atoms with van der Waals surface area (Å²) in [4.78, 5) is 16.1. The highest BCUT2D eigenvalue weighted by atomic mass is 16.5. The first-order valence-electron chi connectivity index (χ1n) is 10.2. The van der Waals surface area contributed by atoms with E-state index in [1.54, 1.807) is 14.2 Å². The van der Waals surface area contributed by atoms with Crippen molar-refractivity contribution < 1.29 is 14.3 Å². The summed E-state index contributed by atoms with van der Waals surface area (Å²) in [6.45, 7) is 3.41. The summed E-state index contributed by atoms with van der Waals surface area (Å²) in [5, 5.41) is 4.19. The number of hydrogen-bond acceptors (Lipinski definition) is 3. The molecule has 0 aliphatic carbocycles. The third kappa shape index (κ3) is 4.98. The van der Waals surface area contributed by atoms with E-state index in [1.165, 1.54) is 10.9 Å². The first-order chi connectivity index (χ1) is 14.2. The lowest BCUT2D eigenvalue weighted by molar-refractivity contribution is -0.121. The number of amides is 1. The maximum Gasteiger partial charge on any atom is 0.220 e. The van der Waals surface area contributed by atoms with Crippen LogP contribution in [-0.2, 0) is 16.0 Å². The molecule has 0 fully saturated rings. The smallest absolute Gasteiger partial charge is 0.220 e. The van der Waals surface area contributed by atoms with E-state index in [2.05, 4.69) is 41.5 Å². The summed E-state index contributed by atoms with van der Waals surface area (Å²) in [6.07, 6.45) is 4.19. The molecular formula is C24H30N2O3. The van der Waals surface area contributed by atoms with E-state index in [-0.39, 0.29) is 11.8 Å². The summed E-state index contributed by atoms with van der Waals surface area (Å²) >= 11 is 0. The zero-order valence-electron chi connectivity index (χ0n) is 17.5. The van der Waals surface area contributed by atoms with E-state index in [4.69, 9.17) is 9.47 Å². The van der Waals surface area contributed by atoms with Crippen LogP contribution in [-0.4, -0.2) is 38.3 Å². The first-order valence-corrected chi connectivity index (χ1v) is 10.2. The highest BCUT2D eigenvalue weighted by molar-refractivity contribution is 5.88. The highest BCUT2D eigenvalue weighted by Gasteiger charge is 2.22. The van der Waals surface area contributed by atoms with Crippen LogP contribution in [0, 0.1) is 0 Å². The lowest BCUT2D eigenvalue weighted by Gasteiger charge is -2.18. The minimum Gasteiger partial charge on any atom is -0.497 e. The Morgan fingerprint density at radius 3 is 2.76 bits per heavy atom. The molecule has 0 saturated carbocycles. The third-order valence-corrected chi connectivity index (χ3v) is 5.32. The molecule has 1 atom stereocenters. The standard InChI is InChI=1S/C24H30N2O3/c1-4-17-8-6-11-20-22(16-26-24(17)20)21(15-23(27)25-12-7-13-28-2)18-9-5-10-19(14-18)29-3/h5-6,8-11,14,16,21,26H,4,7,12-13,15H2,1-3H3,(H,25,27)/t21-/m1/s1. The van der Waals surface area contributed by atoms with Crippen molar-refractivity contribution in [2.75, 3.05) is 27.4 Å². The Hall–Kier alpha value is -2.79. The number of methoxy groups -OCH3 is 2. The van der Waals surface area contributed by atoms with Crippen LogP contribution in [0.15, 0.2) is 48.7 Å². The average Bonchev–Trinajstić information content (AvgIpc) is 3.19. The van der Waals surface area contributed by atoms with Crippen LogP contribution >= 0.6 is 0 Å². The molecule has 0 aliphatic heterocycles. The van der Waals surface area contributed by atoms with Gasteiger partial charge in [0, 0.05) is 49.7 Å². The van der Waals surface area contributed by atoms with E-state index in [0.717, 1.165) is 35.2 Å². The molecule has 3 aromatic rings. The van der Waals surface area contributed by atoms with Gasteiger partial charge < -0.3 is 19.8 Å². The quantitative estimate of drug-likeness (QED) is 0.501. The molecule has 0 aliphatic rings. The van der Waals surface area contributed by atoms with Gasteiger partial charge in [-0.1, -0.05) is 37.3 Å². The zero-order valence-corrected chi connectivity index (χ0v) is 17.5. The number of fused-ring (bicyclic) bond motifs is 1. The number of carbonyl (C=O) groups excluding carboxylic acids is 1.